The predicted octanol–water partition coefficient (Wildman–Crippen LogP) is 2.42. The molecule has 2 fully saturated rings. The first-order chi connectivity index (χ1) is 11.6. The van der Waals surface area contributed by atoms with Gasteiger partial charge in [-0.15, -0.1) is 0 Å². The zero-order valence-electron chi connectivity index (χ0n) is 14.5. The normalized spacial score (nSPS) is 29.1. The van der Waals surface area contributed by atoms with Crippen LogP contribution in [-0.4, -0.2) is 30.3 Å². The lowest BCUT2D eigenvalue weighted by atomic mass is 9.70. The molecule has 3 rings (SSSR count). The minimum atomic E-state index is -4.14. The van der Waals surface area contributed by atoms with Crippen LogP contribution >= 0.6 is 0 Å². The van der Waals surface area contributed by atoms with Gasteiger partial charge in [0.2, 0.25) is 5.91 Å². The maximum absolute atomic E-state index is 12.1. The van der Waals surface area contributed by atoms with Gasteiger partial charge in [-0.3, -0.25) is 9.35 Å². The van der Waals surface area contributed by atoms with Gasteiger partial charge in [-0.05, 0) is 36.2 Å². The van der Waals surface area contributed by atoms with E-state index < -0.39 is 15.5 Å². The van der Waals surface area contributed by atoms with Gasteiger partial charge in [0.15, 0.2) is 0 Å². The molecule has 0 spiro atoms. The van der Waals surface area contributed by atoms with E-state index in [1.54, 1.807) is 0 Å². The van der Waals surface area contributed by atoms with Crippen LogP contribution in [0, 0.1) is 16.7 Å². The average molecular weight is 364 g/mol. The SMILES string of the molecule is CC1(C)C2CCC1(CS(=O)(=O)O)/C(=N/NC(=O)Cc1ccccc1)C2. The first-order valence-electron chi connectivity index (χ1n) is 8.49. The summed E-state index contributed by atoms with van der Waals surface area (Å²) in [6.07, 6.45) is 2.46. The van der Waals surface area contributed by atoms with E-state index in [0.29, 0.717) is 24.5 Å². The Labute approximate surface area is 148 Å². The molecule has 0 heterocycles. The van der Waals surface area contributed by atoms with E-state index in [2.05, 4.69) is 10.5 Å². The van der Waals surface area contributed by atoms with Crippen molar-refractivity contribution in [2.24, 2.45) is 21.8 Å². The first kappa shape index (κ1) is 18.1. The number of rotatable bonds is 5. The summed E-state index contributed by atoms with van der Waals surface area (Å²) in [4.78, 5) is 12.1. The fourth-order valence-corrected chi connectivity index (χ4v) is 5.86. The van der Waals surface area contributed by atoms with Crippen molar-refractivity contribution in [3.8, 4) is 0 Å². The molecule has 2 atom stereocenters. The number of hydrogen-bond acceptors (Lipinski definition) is 4. The van der Waals surface area contributed by atoms with Gasteiger partial charge in [0.05, 0.1) is 12.2 Å². The van der Waals surface area contributed by atoms with Crippen molar-refractivity contribution >= 4 is 21.7 Å². The Morgan fingerprint density at radius 3 is 2.60 bits per heavy atom. The van der Waals surface area contributed by atoms with Gasteiger partial charge in [0.25, 0.3) is 10.1 Å². The minimum Gasteiger partial charge on any atom is -0.286 e. The monoisotopic (exact) mass is 364 g/mol. The van der Waals surface area contributed by atoms with Crippen LogP contribution in [0.2, 0.25) is 0 Å². The van der Waals surface area contributed by atoms with Crippen LogP contribution in [0.1, 0.15) is 38.7 Å². The summed E-state index contributed by atoms with van der Waals surface area (Å²) in [6.45, 7) is 4.06. The quantitative estimate of drug-likeness (QED) is 0.619. The maximum atomic E-state index is 12.1. The van der Waals surface area contributed by atoms with Crippen molar-refractivity contribution in [1.82, 2.24) is 5.43 Å². The highest BCUT2D eigenvalue weighted by Gasteiger charge is 2.64. The number of amides is 1. The summed E-state index contributed by atoms with van der Waals surface area (Å²) in [5.41, 5.74) is 3.18. The molecule has 1 aromatic rings. The van der Waals surface area contributed by atoms with Crippen LogP contribution in [0.15, 0.2) is 35.4 Å². The predicted molar refractivity (Wildman–Crippen MR) is 95.7 cm³/mol. The van der Waals surface area contributed by atoms with Gasteiger partial charge >= 0.3 is 0 Å². The molecular formula is C18H24N2O4S. The standard InChI is InChI=1S/C18H24N2O4S/c1-17(2)14-8-9-18(17,12-25(22,23)24)15(11-14)19-20-16(21)10-13-6-4-3-5-7-13/h3-7,14H,8-12H2,1-2H3,(H,20,21)(H,22,23,24)/b19-15+. The zero-order chi connectivity index (χ0) is 18.3. The van der Waals surface area contributed by atoms with Gasteiger partial charge < -0.3 is 0 Å². The van der Waals surface area contributed by atoms with Crippen LogP contribution in [0.25, 0.3) is 0 Å². The molecule has 2 saturated carbocycles. The number of hydrogen-bond donors (Lipinski definition) is 2. The molecule has 0 aliphatic heterocycles. The molecule has 2 N–H and O–H groups in total. The molecule has 7 heteroatoms. The fourth-order valence-electron chi connectivity index (χ4n) is 4.55. The third-order valence-corrected chi connectivity index (χ3v) is 6.98. The van der Waals surface area contributed by atoms with E-state index in [1.807, 2.05) is 44.2 Å². The number of nitrogens with one attached hydrogen (secondary N) is 1. The van der Waals surface area contributed by atoms with Crippen LogP contribution < -0.4 is 5.43 Å². The molecule has 2 unspecified atom stereocenters. The van der Waals surface area contributed by atoms with Crippen molar-refractivity contribution in [1.29, 1.82) is 0 Å². The van der Waals surface area contributed by atoms with E-state index in [1.165, 1.54) is 0 Å². The second-order valence-corrected chi connectivity index (χ2v) is 9.18. The van der Waals surface area contributed by atoms with Crippen LogP contribution in [-0.2, 0) is 21.3 Å². The lowest BCUT2D eigenvalue weighted by molar-refractivity contribution is -0.120. The summed E-state index contributed by atoms with van der Waals surface area (Å²) >= 11 is 0. The third kappa shape index (κ3) is 3.35. The molecule has 6 nitrogen and oxygen atoms in total. The number of hydrazone groups is 1. The molecule has 2 aliphatic rings. The summed E-state index contributed by atoms with van der Waals surface area (Å²) < 4.78 is 32.6. The lowest BCUT2D eigenvalue weighted by Gasteiger charge is -2.37. The third-order valence-electron chi connectivity index (χ3n) is 6.12. The molecule has 1 aromatic carbocycles. The van der Waals surface area contributed by atoms with E-state index in [9.17, 15) is 17.8 Å². The summed E-state index contributed by atoms with van der Waals surface area (Å²) in [5.74, 6) is -0.253. The molecule has 25 heavy (non-hydrogen) atoms. The van der Waals surface area contributed by atoms with E-state index in [4.69, 9.17) is 0 Å². The van der Waals surface area contributed by atoms with E-state index in [-0.39, 0.29) is 23.5 Å². The maximum Gasteiger partial charge on any atom is 0.265 e. The van der Waals surface area contributed by atoms with Crippen molar-refractivity contribution in [2.45, 2.75) is 39.5 Å². The van der Waals surface area contributed by atoms with Gasteiger partial charge in [0, 0.05) is 11.1 Å². The summed E-state index contributed by atoms with van der Waals surface area (Å²) in [5, 5.41) is 4.30. The molecule has 2 aliphatic carbocycles. The number of benzene rings is 1. The topological polar surface area (TPSA) is 95.8 Å². The second-order valence-electron chi connectivity index (χ2n) is 7.73. The van der Waals surface area contributed by atoms with Crippen molar-refractivity contribution in [3.05, 3.63) is 35.9 Å². The average Bonchev–Trinajstić information content (AvgIpc) is 2.86. The number of fused-ring (bicyclic) bond motifs is 2. The Morgan fingerprint density at radius 1 is 1.32 bits per heavy atom. The highest BCUT2D eigenvalue weighted by Crippen LogP contribution is 2.64. The Morgan fingerprint density at radius 2 is 2.00 bits per heavy atom. The van der Waals surface area contributed by atoms with Gasteiger partial charge in [-0.1, -0.05) is 44.2 Å². The number of nitrogens with zero attached hydrogens (tertiary/aromatic N) is 1. The van der Waals surface area contributed by atoms with Crippen LogP contribution in [0.3, 0.4) is 0 Å². The molecule has 136 valence electrons. The zero-order valence-corrected chi connectivity index (χ0v) is 15.3. The summed E-state index contributed by atoms with van der Waals surface area (Å²) in [6, 6.07) is 9.36. The smallest absolute Gasteiger partial charge is 0.265 e. The van der Waals surface area contributed by atoms with Gasteiger partial charge in [-0.25, -0.2) is 5.43 Å². The lowest BCUT2D eigenvalue weighted by Crippen LogP contribution is -2.43. The molecule has 0 aromatic heterocycles. The van der Waals surface area contributed by atoms with Crippen molar-refractivity contribution in [3.63, 3.8) is 0 Å². The molecule has 1 amide bonds. The molecule has 0 radical (unpaired) electrons. The van der Waals surface area contributed by atoms with Gasteiger partial charge in [0.1, 0.15) is 0 Å². The Hall–Kier alpha value is -1.73. The summed E-state index contributed by atoms with van der Waals surface area (Å²) in [7, 11) is -4.14. The van der Waals surface area contributed by atoms with Crippen molar-refractivity contribution < 1.29 is 17.8 Å². The Kier molecular flexibility index (Phi) is 4.49. The van der Waals surface area contributed by atoms with Crippen LogP contribution in [0.5, 0.6) is 0 Å². The van der Waals surface area contributed by atoms with E-state index >= 15 is 0 Å². The fraction of sp³-hybridized carbons (Fsp3) is 0.556. The largest absolute Gasteiger partial charge is 0.286 e. The highest BCUT2D eigenvalue weighted by atomic mass is 32.2. The first-order valence-corrected chi connectivity index (χ1v) is 10.1. The van der Waals surface area contributed by atoms with E-state index in [0.717, 1.165) is 12.0 Å². The molecule has 2 bridgehead atoms. The van der Waals surface area contributed by atoms with Gasteiger partial charge in [-0.2, -0.15) is 13.5 Å². The molecule has 0 saturated heterocycles. The van der Waals surface area contributed by atoms with Crippen molar-refractivity contribution in [2.75, 3.05) is 5.75 Å². The number of carbonyl (C=O) groups is 1. The second kappa shape index (κ2) is 6.21. The minimum absolute atomic E-state index is 0.218. The Bertz CT molecular complexity index is 802. The Balaban J connectivity index is 1.79. The number of carbonyl (C=O) groups excluding carboxylic acids is 1. The highest BCUT2D eigenvalue weighted by molar-refractivity contribution is 7.85. The van der Waals surface area contributed by atoms with Crippen LogP contribution in [0.4, 0.5) is 0 Å². The molecular weight excluding hydrogens is 340 g/mol.